The number of halogens is 1. The molecule has 14 heavy (non-hydrogen) atoms. The van der Waals surface area contributed by atoms with E-state index in [-0.39, 0.29) is 6.61 Å². The topological polar surface area (TPSA) is 26.3 Å². The van der Waals surface area contributed by atoms with E-state index >= 15 is 0 Å². The highest BCUT2D eigenvalue weighted by molar-refractivity contribution is 7.80. The van der Waals surface area contributed by atoms with Crippen LogP contribution in [0.4, 0.5) is 4.39 Å². The Hall–Kier alpha value is -0.740. The molecule has 0 fully saturated rings. The average molecular weight is 216 g/mol. The number of hydrogen-bond donors (Lipinski definition) is 0. The summed E-state index contributed by atoms with van der Waals surface area (Å²) in [5.41, 5.74) is 0. The zero-order valence-corrected chi connectivity index (χ0v) is 8.80. The molecule has 2 nitrogen and oxygen atoms in total. The summed E-state index contributed by atoms with van der Waals surface area (Å²) in [5.74, 6) is 0. The van der Waals surface area contributed by atoms with Gasteiger partial charge in [-0.15, -0.1) is 0 Å². The lowest BCUT2D eigenvalue weighted by atomic mass is 10.3. The molecule has 0 N–H and O–H groups in total. The summed E-state index contributed by atoms with van der Waals surface area (Å²) in [6.07, 6.45) is -0.658. The van der Waals surface area contributed by atoms with Gasteiger partial charge in [-0.25, -0.2) is 8.60 Å². The average Bonchev–Trinajstić information content (AvgIpc) is 2.26. The molecule has 0 saturated heterocycles. The zero-order valence-electron chi connectivity index (χ0n) is 7.98. The van der Waals surface area contributed by atoms with Gasteiger partial charge in [-0.2, -0.15) is 0 Å². The Balaban J connectivity index is 2.44. The summed E-state index contributed by atoms with van der Waals surface area (Å²) in [6.45, 7) is 1.61. The van der Waals surface area contributed by atoms with E-state index in [1.165, 1.54) is 0 Å². The second-order valence-corrected chi connectivity index (χ2v) is 4.01. The first-order valence-electron chi connectivity index (χ1n) is 4.48. The van der Waals surface area contributed by atoms with E-state index in [0.29, 0.717) is 11.3 Å². The maximum atomic E-state index is 12.7. The molecule has 0 amide bonds. The van der Waals surface area contributed by atoms with Crippen molar-refractivity contribution in [2.24, 2.45) is 0 Å². The fraction of sp³-hybridized carbons (Fsp3) is 0.400. The maximum absolute atomic E-state index is 12.7. The molecule has 0 heterocycles. The van der Waals surface area contributed by atoms with Crippen LogP contribution in [0.5, 0.6) is 0 Å². The van der Waals surface area contributed by atoms with Crippen LogP contribution in [-0.4, -0.2) is 17.0 Å². The van der Waals surface area contributed by atoms with Crippen molar-refractivity contribution in [2.75, 3.05) is 6.61 Å². The van der Waals surface area contributed by atoms with Crippen LogP contribution in [0, 0.1) is 0 Å². The van der Waals surface area contributed by atoms with Gasteiger partial charge in [0.25, 0.3) is 0 Å². The molecule has 0 aliphatic heterocycles. The Morgan fingerprint density at radius 1 is 1.43 bits per heavy atom. The van der Waals surface area contributed by atoms with Crippen LogP contribution in [0.25, 0.3) is 0 Å². The SMILES string of the molecule is CCC(F)COS(=O)c1ccccc1. The van der Waals surface area contributed by atoms with Crippen molar-refractivity contribution in [3.63, 3.8) is 0 Å². The predicted molar refractivity (Wildman–Crippen MR) is 54.0 cm³/mol. The molecule has 0 aliphatic rings. The minimum absolute atomic E-state index is 0.113. The van der Waals surface area contributed by atoms with Crippen molar-refractivity contribution < 1.29 is 12.8 Å². The Bertz CT molecular complexity index is 289. The quantitative estimate of drug-likeness (QED) is 0.755. The van der Waals surface area contributed by atoms with Gasteiger partial charge < -0.3 is 0 Å². The summed E-state index contributed by atoms with van der Waals surface area (Å²) in [7, 11) is 0. The lowest BCUT2D eigenvalue weighted by Crippen LogP contribution is -2.10. The highest BCUT2D eigenvalue weighted by atomic mass is 32.2. The molecule has 4 heteroatoms. The third-order valence-corrected chi connectivity index (χ3v) is 2.74. The van der Waals surface area contributed by atoms with Crippen molar-refractivity contribution in [2.45, 2.75) is 24.4 Å². The van der Waals surface area contributed by atoms with E-state index in [1.807, 2.05) is 6.07 Å². The van der Waals surface area contributed by atoms with Crippen LogP contribution in [0.3, 0.4) is 0 Å². The summed E-state index contributed by atoms with van der Waals surface area (Å²) in [6, 6.07) is 8.74. The van der Waals surface area contributed by atoms with Crippen molar-refractivity contribution in [3.05, 3.63) is 30.3 Å². The van der Waals surface area contributed by atoms with E-state index in [2.05, 4.69) is 0 Å². The predicted octanol–water partition coefficient (Wildman–Crippen LogP) is 2.47. The summed E-state index contributed by atoms with van der Waals surface area (Å²) in [5, 5.41) is 0. The van der Waals surface area contributed by atoms with Gasteiger partial charge in [0, 0.05) is 0 Å². The van der Waals surface area contributed by atoms with Gasteiger partial charge in [0.1, 0.15) is 6.17 Å². The molecule has 1 aromatic rings. The standard InChI is InChI=1S/C10H13FO2S/c1-2-9(11)8-13-14(12)10-6-4-3-5-7-10/h3-7,9H,2,8H2,1H3. The Morgan fingerprint density at radius 2 is 2.07 bits per heavy atom. The van der Waals surface area contributed by atoms with Crippen molar-refractivity contribution >= 4 is 11.1 Å². The van der Waals surface area contributed by atoms with Gasteiger partial charge in [-0.05, 0) is 18.6 Å². The Morgan fingerprint density at radius 3 is 2.64 bits per heavy atom. The first-order chi connectivity index (χ1) is 6.74. The highest BCUT2D eigenvalue weighted by Crippen LogP contribution is 2.08. The fourth-order valence-electron chi connectivity index (χ4n) is 0.853. The summed E-state index contributed by atoms with van der Waals surface area (Å²) < 4.78 is 29.0. The van der Waals surface area contributed by atoms with Crippen molar-refractivity contribution in [1.29, 1.82) is 0 Å². The maximum Gasteiger partial charge on any atom is 0.189 e. The first-order valence-corrected chi connectivity index (χ1v) is 5.55. The van der Waals surface area contributed by atoms with Crippen LogP contribution in [0.2, 0.25) is 0 Å². The van der Waals surface area contributed by atoms with Crippen LogP contribution in [0.1, 0.15) is 13.3 Å². The van der Waals surface area contributed by atoms with Crippen LogP contribution in [0.15, 0.2) is 35.2 Å². The second-order valence-electron chi connectivity index (χ2n) is 2.84. The van der Waals surface area contributed by atoms with E-state index in [4.69, 9.17) is 4.18 Å². The molecule has 1 aromatic carbocycles. The Kier molecular flexibility index (Phi) is 4.76. The fourth-order valence-corrected chi connectivity index (χ4v) is 1.64. The number of benzene rings is 1. The van der Waals surface area contributed by atoms with E-state index in [1.54, 1.807) is 31.2 Å². The molecule has 0 spiro atoms. The lowest BCUT2D eigenvalue weighted by Gasteiger charge is -2.05. The molecule has 0 radical (unpaired) electrons. The van der Waals surface area contributed by atoms with Crippen molar-refractivity contribution in [3.8, 4) is 0 Å². The highest BCUT2D eigenvalue weighted by Gasteiger charge is 2.08. The van der Waals surface area contributed by atoms with Crippen LogP contribution < -0.4 is 0 Å². The first kappa shape index (κ1) is 11.3. The summed E-state index contributed by atoms with van der Waals surface area (Å²) in [4.78, 5) is 0.566. The van der Waals surface area contributed by atoms with Crippen LogP contribution in [-0.2, 0) is 15.3 Å². The molecule has 1 rings (SSSR count). The molecular weight excluding hydrogens is 203 g/mol. The number of alkyl halides is 1. The minimum Gasteiger partial charge on any atom is -0.284 e. The third-order valence-electron chi connectivity index (χ3n) is 1.73. The van der Waals surface area contributed by atoms with E-state index in [0.717, 1.165) is 0 Å². The molecule has 0 aliphatic carbocycles. The number of rotatable bonds is 5. The van der Waals surface area contributed by atoms with Crippen molar-refractivity contribution in [1.82, 2.24) is 0 Å². The van der Waals surface area contributed by atoms with Gasteiger partial charge in [0.15, 0.2) is 11.1 Å². The van der Waals surface area contributed by atoms with Gasteiger partial charge >= 0.3 is 0 Å². The second kappa shape index (κ2) is 5.88. The van der Waals surface area contributed by atoms with E-state index < -0.39 is 17.3 Å². The monoisotopic (exact) mass is 216 g/mol. The van der Waals surface area contributed by atoms with E-state index in [9.17, 15) is 8.60 Å². The zero-order chi connectivity index (χ0) is 10.4. The van der Waals surface area contributed by atoms with Gasteiger partial charge in [0.2, 0.25) is 0 Å². The molecule has 78 valence electrons. The number of hydrogen-bond acceptors (Lipinski definition) is 2. The Labute approximate surface area is 85.8 Å². The molecule has 0 aromatic heterocycles. The summed E-state index contributed by atoms with van der Waals surface area (Å²) >= 11 is -1.55. The smallest absolute Gasteiger partial charge is 0.189 e. The largest absolute Gasteiger partial charge is 0.284 e. The normalized spacial score (nSPS) is 15.0. The molecule has 0 saturated carbocycles. The minimum atomic E-state index is -1.55. The molecule has 2 unspecified atom stereocenters. The van der Waals surface area contributed by atoms with Gasteiger partial charge in [-0.1, -0.05) is 25.1 Å². The molecule has 2 atom stereocenters. The van der Waals surface area contributed by atoms with Gasteiger partial charge in [-0.3, -0.25) is 4.18 Å². The lowest BCUT2D eigenvalue weighted by molar-refractivity contribution is 0.206. The third kappa shape index (κ3) is 3.55. The molecule has 0 bridgehead atoms. The molecular formula is C10H13FO2S. The van der Waals surface area contributed by atoms with Gasteiger partial charge in [0.05, 0.1) is 11.5 Å². The van der Waals surface area contributed by atoms with Crippen LogP contribution >= 0.6 is 0 Å².